The van der Waals surface area contributed by atoms with E-state index < -0.39 is 0 Å². The molecule has 0 aliphatic rings. The van der Waals surface area contributed by atoms with Gasteiger partial charge in [0.2, 0.25) is 0 Å². The van der Waals surface area contributed by atoms with Gasteiger partial charge in [-0.05, 0) is 12.1 Å². The van der Waals surface area contributed by atoms with Gasteiger partial charge in [-0.3, -0.25) is 4.98 Å². The molecule has 5 nitrogen and oxygen atoms in total. The maximum Gasteiger partial charge on any atom is 0.123 e. The van der Waals surface area contributed by atoms with Crippen molar-refractivity contribution in [3.63, 3.8) is 0 Å². The first-order valence-corrected chi connectivity index (χ1v) is 4.98. The van der Waals surface area contributed by atoms with Crippen molar-refractivity contribution in [2.24, 2.45) is 5.16 Å². The fourth-order valence-corrected chi connectivity index (χ4v) is 1.41. The zero-order valence-electron chi connectivity index (χ0n) is 9.24. The van der Waals surface area contributed by atoms with E-state index in [-0.39, 0.29) is 0 Å². The van der Waals surface area contributed by atoms with Crippen LogP contribution in [0.15, 0.2) is 41.7 Å². The van der Waals surface area contributed by atoms with Crippen molar-refractivity contribution < 1.29 is 9.94 Å². The van der Waals surface area contributed by atoms with Crippen molar-refractivity contribution in [1.82, 2.24) is 9.97 Å². The Morgan fingerprint density at radius 3 is 2.82 bits per heavy atom. The molecule has 0 saturated carbocycles. The summed E-state index contributed by atoms with van der Waals surface area (Å²) >= 11 is 0. The SMILES string of the molecule is COc1cc(/C=N/O)nc(-c2ccccn2)c1. The molecule has 0 aliphatic carbocycles. The molecule has 0 spiro atoms. The molecule has 0 amide bonds. The summed E-state index contributed by atoms with van der Waals surface area (Å²) < 4.78 is 5.15. The zero-order valence-corrected chi connectivity index (χ0v) is 9.24. The van der Waals surface area contributed by atoms with Crippen LogP contribution in [0.25, 0.3) is 11.4 Å². The third-order valence-electron chi connectivity index (χ3n) is 2.17. The first-order chi connectivity index (χ1) is 8.33. The summed E-state index contributed by atoms with van der Waals surface area (Å²) in [4.78, 5) is 8.49. The number of methoxy groups -OCH3 is 1. The molecule has 1 N–H and O–H groups in total. The van der Waals surface area contributed by atoms with Gasteiger partial charge >= 0.3 is 0 Å². The molecule has 17 heavy (non-hydrogen) atoms. The van der Waals surface area contributed by atoms with Crippen LogP contribution in [0.5, 0.6) is 5.75 Å². The Hall–Kier alpha value is -2.43. The summed E-state index contributed by atoms with van der Waals surface area (Å²) in [5, 5.41) is 11.5. The zero-order chi connectivity index (χ0) is 12.1. The second kappa shape index (κ2) is 5.07. The van der Waals surface area contributed by atoms with Crippen molar-refractivity contribution in [1.29, 1.82) is 0 Å². The van der Waals surface area contributed by atoms with E-state index in [1.807, 2.05) is 18.2 Å². The predicted molar refractivity (Wildman–Crippen MR) is 63.4 cm³/mol. The summed E-state index contributed by atoms with van der Waals surface area (Å²) in [5.41, 5.74) is 1.91. The fourth-order valence-electron chi connectivity index (χ4n) is 1.41. The molecule has 2 aromatic heterocycles. The molecule has 2 heterocycles. The lowest BCUT2D eigenvalue weighted by Crippen LogP contribution is -1.95. The average Bonchev–Trinajstić information content (AvgIpc) is 2.40. The highest BCUT2D eigenvalue weighted by atomic mass is 16.5. The summed E-state index contributed by atoms with van der Waals surface area (Å²) in [6.07, 6.45) is 2.94. The lowest BCUT2D eigenvalue weighted by molar-refractivity contribution is 0.321. The molecule has 0 radical (unpaired) electrons. The second-order valence-electron chi connectivity index (χ2n) is 3.28. The third-order valence-corrected chi connectivity index (χ3v) is 2.17. The Bertz CT molecular complexity index is 527. The Balaban J connectivity index is 2.50. The van der Waals surface area contributed by atoms with E-state index >= 15 is 0 Å². The molecule has 2 aromatic rings. The van der Waals surface area contributed by atoms with Gasteiger partial charge in [0.15, 0.2) is 0 Å². The van der Waals surface area contributed by atoms with Crippen LogP contribution >= 0.6 is 0 Å². The fraction of sp³-hybridized carbons (Fsp3) is 0.0833. The number of oxime groups is 1. The van der Waals surface area contributed by atoms with Crippen molar-refractivity contribution in [2.45, 2.75) is 0 Å². The van der Waals surface area contributed by atoms with Gasteiger partial charge < -0.3 is 9.94 Å². The minimum Gasteiger partial charge on any atom is -0.497 e. The van der Waals surface area contributed by atoms with E-state index in [0.29, 0.717) is 17.1 Å². The predicted octanol–water partition coefficient (Wildman–Crippen LogP) is 1.96. The lowest BCUT2D eigenvalue weighted by atomic mass is 10.2. The summed E-state index contributed by atoms with van der Waals surface area (Å²) in [6, 6.07) is 9.01. The first kappa shape index (κ1) is 11.1. The van der Waals surface area contributed by atoms with Gasteiger partial charge in [0.25, 0.3) is 0 Å². The maximum atomic E-state index is 8.52. The van der Waals surface area contributed by atoms with Gasteiger partial charge in [-0.25, -0.2) is 4.98 Å². The quantitative estimate of drug-likeness (QED) is 0.496. The molecule has 0 saturated heterocycles. The largest absolute Gasteiger partial charge is 0.497 e. The summed E-state index contributed by atoms with van der Waals surface area (Å²) in [5.74, 6) is 0.635. The van der Waals surface area contributed by atoms with Crippen LogP contribution in [-0.2, 0) is 0 Å². The Kier molecular flexibility index (Phi) is 3.30. The molecular formula is C12H11N3O2. The molecule has 0 fully saturated rings. The molecule has 0 bridgehead atoms. The molecule has 0 unspecified atom stereocenters. The van der Waals surface area contributed by atoms with Crippen molar-refractivity contribution in [2.75, 3.05) is 7.11 Å². The van der Waals surface area contributed by atoms with Crippen LogP contribution in [0, 0.1) is 0 Å². The van der Waals surface area contributed by atoms with Crippen LogP contribution in [-0.4, -0.2) is 28.5 Å². The number of aromatic nitrogens is 2. The highest BCUT2D eigenvalue weighted by Gasteiger charge is 2.05. The van der Waals surface area contributed by atoms with Crippen LogP contribution < -0.4 is 4.74 Å². The standard InChI is InChI=1S/C12H11N3O2/c1-17-10-6-9(8-14-16)15-12(7-10)11-4-2-3-5-13-11/h2-8,16H,1H3/b14-8+. The lowest BCUT2D eigenvalue weighted by Gasteiger charge is -2.05. The van der Waals surface area contributed by atoms with Crippen molar-refractivity contribution >= 4 is 6.21 Å². The van der Waals surface area contributed by atoms with Crippen LogP contribution in [0.4, 0.5) is 0 Å². The van der Waals surface area contributed by atoms with Crippen LogP contribution in [0.2, 0.25) is 0 Å². The second-order valence-corrected chi connectivity index (χ2v) is 3.28. The van der Waals surface area contributed by atoms with Gasteiger partial charge in [-0.1, -0.05) is 11.2 Å². The highest BCUT2D eigenvalue weighted by molar-refractivity contribution is 5.78. The number of hydrogen-bond donors (Lipinski definition) is 1. The van der Waals surface area contributed by atoms with Gasteiger partial charge in [0.1, 0.15) is 5.75 Å². The molecule has 2 rings (SSSR count). The minimum absolute atomic E-state index is 0.507. The van der Waals surface area contributed by atoms with Gasteiger partial charge in [0, 0.05) is 18.3 Å². The monoisotopic (exact) mass is 229 g/mol. The average molecular weight is 229 g/mol. The van der Waals surface area contributed by atoms with Crippen molar-refractivity contribution in [3.8, 4) is 17.1 Å². The number of pyridine rings is 2. The van der Waals surface area contributed by atoms with E-state index in [2.05, 4.69) is 15.1 Å². The Morgan fingerprint density at radius 2 is 2.18 bits per heavy atom. The smallest absolute Gasteiger partial charge is 0.123 e. The highest BCUT2D eigenvalue weighted by Crippen LogP contribution is 2.20. The first-order valence-electron chi connectivity index (χ1n) is 4.98. The van der Waals surface area contributed by atoms with Crippen molar-refractivity contribution in [3.05, 3.63) is 42.2 Å². The molecular weight excluding hydrogens is 218 g/mol. The van der Waals surface area contributed by atoms with E-state index in [1.165, 1.54) is 6.21 Å². The number of rotatable bonds is 3. The summed E-state index contributed by atoms with van der Waals surface area (Å²) in [6.45, 7) is 0. The van der Waals surface area contributed by atoms with E-state index in [4.69, 9.17) is 9.94 Å². The number of hydrogen-bond acceptors (Lipinski definition) is 5. The van der Waals surface area contributed by atoms with Crippen LogP contribution in [0.3, 0.4) is 0 Å². The number of nitrogens with zero attached hydrogens (tertiary/aromatic N) is 3. The van der Waals surface area contributed by atoms with E-state index in [9.17, 15) is 0 Å². The normalized spacial score (nSPS) is 10.6. The maximum absolute atomic E-state index is 8.52. The van der Waals surface area contributed by atoms with Gasteiger partial charge in [-0.2, -0.15) is 0 Å². The molecule has 0 atom stereocenters. The molecule has 0 aliphatic heterocycles. The minimum atomic E-state index is 0.507. The van der Waals surface area contributed by atoms with Gasteiger partial charge in [0.05, 0.1) is 30.4 Å². The third kappa shape index (κ3) is 2.57. The summed E-state index contributed by atoms with van der Waals surface area (Å²) in [7, 11) is 1.57. The van der Waals surface area contributed by atoms with E-state index in [1.54, 1.807) is 25.4 Å². The van der Waals surface area contributed by atoms with E-state index in [0.717, 1.165) is 5.69 Å². The van der Waals surface area contributed by atoms with Gasteiger partial charge in [-0.15, -0.1) is 0 Å². The molecule has 5 heteroatoms. The number of ether oxygens (including phenoxy) is 1. The molecule has 86 valence electrons. The topological polar surface area (TPSA) is 67.6 Å². The molecule has 0 aromatic carbocycles. The Morgan fingerprint density at radius 1 is 1.29 bits per heavy atom. The van der Waals surface area contributed by atoms with Crippen LogP contribution in [0.1, 0.15) is 5.69 Å². The Labute approximate surface area is 98.4 Å².